The first-order valence-corrected chi connectivity index (χ1v) is 8.90. The molecule has 4 rings (SSSR count). The van der Waals surface area contributed by atoms with Gasteiger partial charge >= 0.3 is 0 Å². The minimum atomic E-state index is -0.0443. The molecule has 2 aliphatic rings. The number of aromatic nitrogens is 2. The van der Waals surface area contributed by atoms with Crippen LogP contribution in [0.15, 0.2) is 42.7 Å². The van der Waals surface area contributed by atoms with Gasteiger partial charge < -0.3 is 15.5 Å². The molecule has 1 aromatic heterocycles. The number of benzene rings is 1. The molecule has 0 spiro atoms. The van der Waals surface area contributed by atoms with Crippen molar-refractivity contribution in [2.24, 2.45) is 5.73 Å². The van der Waals surface area contributed by atoms with Crippen LogP contribution in [0.2, 0.25) is 0 Å². The van der Waals surface area contributed by atoms with E-state index >= 15 is 0 Å². The van der Waals surface area contributed by atoms with Crippen LogP contribution >= 0.6 is 0 Å². The Balaban J connectivity index is 1.54. The standard InChI is InChI=1S/C19H23N5O/c20-15-11-23(12-17(15)24-9-5-4-8-19(24)25)18-10-16(21-13-22-18)14-6-2-1-3-7-14/h1-3,6-7,10,13,15,17H,4-5,8-9,11-12,20H2. The minimum absolute atomic E-state index is 0.0443. The van der Waals surface area contributed by atoms with E-state index in [2.05, 4.69) is 14.9 Å². The van der Waals surface area contributed by atoms with Crippen LogP contribution in [0.25, 0.3) is 11.3 Å². The molecule has 0 bridgehead atoms. The molecule has 2 N–H and O–H groups in total. The fourth-order valence-electron chi connectivity index (χ4n) is 3.79. The third kappa shape index (κ3) is 3.22. The molecule has 0 radical (unpaired) electrons. The van der Waals surface area contributed by atoms with Gasteiger partial charge in [-0.25, -0.2) is 9.97 Å². The van der Waals surface area contributed by atoms with Crippen LogP contribution in [-0.4, -0.2) is 52.5 Å². The van der Waals surface area contributed by atoms with Gasteiger partial charge in [0.2, 0.25) is 5.91 Å². The lowest BCUT2D eigenvalue weighted by atomic mass is 10.1. The molecule has 0 saturated carbocycles. The molecule has 6 heteroatoms. The van der Waals surface area contributed by atoms with Gasteiger partial charge in [-0.15, -0.1) is 0 Å². The Morgan fingerprint density at radius 1 is 1.08 bits per heavy atom. The summed E-state index contributed by atoms with van der Waals surface area (Å²) in [7, 11) is 0. The summed E-state index contributed by atoms with van der Waals surface area (Å²) >= 11 is 0. The van der Waals surface area contributed by atoms with Gasteiger partial charge in [-0.2, -0.15) is 0 Å². The summed E-state index contributed by atoms with van der Waals surface area (Å²) in [5.74, 6) is 1.11. The Kier molecular flexibility index (Phi) is 4.36. The summed E-state index contributed by atoms with van der Waals surface area (Å²) in [6.45, 7) is 2.27. The molecule has 2 unspecified atom stereocenters. The molecule has 3 heterocycles. The van der Waals surface area contributed by atoms with Gasteiger partial charge in [-0.1, -0.05) is 30.3 Å². The number of piperidine rings is 1. The van der Waals surface area contributed by atoms with E-state index in [0.29, 0.717) is 13.0 Å². The molecule has 1 aromatic carbocycles. The molecule has 2 aliphatic heterocycles. The SMILES string of the molecule is NC1CN(c2cc(-c3ccccc3)ncn2)CC1N1CCCCC1=O. The summed E-state index contributed by atoms with van der Waals surface area (Å²) in [4.78, 5) is 25.2. The average Bonchev–Trinajstić information content (AvgIpc) is 3.05. The lowest BCUT2D eigenvalue weighted by Gasteiger charge is -2.34. The summed E-state index contributed by atoms with van der Waals surface area (Å²) in [5.41, 5.74) is 8.34. The van der Waals surface area contributed by atoms with E-state index in [1.54, 1.807) is 6.33 Å². The molecule has 2 saturated heterocycles. The van der Waals surface area contributed by atoms with Crippen molar-refractivity contribution >= 4 is 11.7 Å². The maximum absolute atomic E-state index is 12.2. The number of likely N-dealkylation sites (tertiary alicyclic amines) is 1. The summed E-state index contributed by atoms with van der Waals surface area (Å²) < 4.78 is 0. The third-order valence-corrected chi connectivity index (χ3v) is 5.14. The van der Waals surface area contributed by atoms with Crippen LogP contribution in [0.5, 0.6) is 0 Å². The molecule has 2 atom stereocenters. The van der Waals surface area contributed by atoms with E-state index in [1.165, 1.54) is 0 Å². The van der Waals surface area contributed by atoms with Crippen LogP contribution in [-0.2, 0) is 4.79 Å². The van der Waals surface area contributed by atoms with Crippen molar-refractivity contribution in [1.29, 1.82) is 0 Å². The van der Waals surface area contributed by atoms with Crippen LogP contribution in [0.4, 0.5) is 5.82 Å². The highest BCUT2D eigenvalue weighted by molar-refractivity contribution is 5.77. The maximum Gasteiger partial charge on any atom is 0.222 e. The quantitative estimate of drug-likeness (QED) is 0.922. The monoisotopic (exact) mass is 337 g/mol. The zero-order valence-corrected chi connectivity index (χ0v) is 14.2. The molecule has 2 fully saturated rings. The van der Waals surface area contributed by atoms with E-state index < -0.39 is 0 Å². The van der Waals surface area contributed by atoms with Gasteiger partial charge in [0.15, 0.2) is 0 Å². The van der Waals surface area contributed by atoms with Crippen molar-refractivity contribution in [2.75, 3.05) is 24.5 Å². The van der Waals surface area contributed by atoms with E-state index in [4.69, 9.17) is 5.73 Å². The fourth-order valence-corrected chi connectivity index (χ4v) is 3.79. The van der Waals surface area contributed by atoms with Crippen LogP contribution in [0.1, 0.15) is 19.3 Å². The highest BCUT2D eigenvalue weighted by Crippen LogP contribution is 2.26. The molecule has 1 amide bonds. The number of rotatable bonds is 3. The van der Waals surface area contributed by atoms with E-state index in [1.807, 2.05) is 41.3 Å². The van der Waals surface area contributed by atoms with Gasteiger partial charge in [0.05, 0.1) is 11.7 Å². The first kappa shape index (κ1) is 16.0. The number of hydrogen-bond donors (Lipinski definition) is 1. The number of anilines is 1. The largest absolute Gasteiger partial charge is 0.353 e. The molecule has 25 heavy (non-hydrogen) atoms. The van der Waals surface area contributed by atoms with Crippen LogP contribution in [0.3, 0.4) is 0 Å². The van der Waals surface area contributed by atoms with Crippen molar-refractivity contribution in [1.82, 2.24) is 14.9 Å². The van der Waals surface area contributed by atoms with E-state index in [0.717, 1.165) is 43.0 Å². The van der Waals surface area contributed by atoms with Crippen molar-refractivity contribution in [3.63, 3.8) is 0 Å². The summed E-state index contributed by atoms with van der Waals surface area (Å²) in [5, 5.41) is 0. The maximum atomic E-state index is 12.2. The highest BCUT2D eigenvalue weighted by atomic mass is 16.2. The number of amides is 1. The number of nitrogens with two attached hydrogens (primary N) is 1. The smallest absolute Gasteiger partial charge is 0.222 e. The summed E-state index contributed by atoms with van der Waals surface area (Å²) in [6, 6.07) is 12.1. The Hall–Kier alpha value is -2.47. The Morgan fingerprint density at radius 3 is 2.72 bits per heavy atom. The lowest BCUT2D eigenvalue weighted by molar-refractivity contribution is -0.135. The first-order chi connectivity index (χ1) is 12.2. The summed E-state index contributed by atoms with van der Waals surface area (Å²) in [6.07, 6.45) is 4.31. The van der Waals surface area contributed by atoms with E-state index in [9.17, 15) is 4.79 Å². The van der Waals surface area contributed by atoms with Gasteiger partial charge in [0.25, 0.3) is 0 Å². The van der Waals surface area contributed by atoms with Gasteiger partial charge in [0.1, 0.15) is 12.1 Å². The second-order valence-corrected chi connectivity index (χ2v) is 6.81. The lowest BCUT2D eigenvalue weighted by Crippen LogP contribution is -2.51. The van der Waals surface area contributed by atoms with Gasteiger partial charge in [0, 0.05) is 43.7 Å². The number of carbonyl (C=O) groups is 1. The first-order valence-electron chi connectivity index (χ1n) is 8.90. The predicted molar refractivity (Wildman–Crippen MR) is 97.0 cm³/mol. The van der Waals surface area contributed by atoms with Crippen LogP contribution < -0.4 is 10.6 Å². The topological polar surface area (TPSA) is 75.3 Å². The van der Waals surface area contributed by atoms with Gasteiger partial charge in [-0.3, -0.25) is 4.79 Å². The molecule has 6 nitrogen and oxygen atoms in total. The molecule has 2 aromatic rings. The second-order valence-electron chi connectivity index (χ2n) is 6.81. The highest BCUT2D eigenvalue weighted by Gasteiger charge is 2.38. The van der Waals surface area contributed by atoms with Crippen molar-refractivity contribution in [2.45, 2.75) is 31.3 Å². The zero-order chi connectivity index (χ0) is 17.2. The van der Waals surface area contributed by atoms with Crippen molar-refractivity contribution in [3.05, 3.63) is 42.7 Å². The van der Waals surface area contributed by atoms with Crippen molar-refractivity contribution in [3.8, 4) is 11.3 Å². The Morgan fingerprint density at radius 2 is 1.92 bits per heavy atom. The number of nitrogens with zero attached hydrogens (tertiary/aromatic N) is 4. The molecular weight excluding hydrogens is 314 g/mol. The predicted octanol–water partition coefficient (Wildman–Crippen LogP) is 1.67. The molecule has 0 aliphatic carbocycles. The molecule has 130 valence electrons. The normalized spacial score (nSPS) is 24.0. The average molecular weight is 337 g/mol. The van der Waals surface area contributed by atoms with Crippen molar-refractivity contribution < 1.29 is 4.79 Å². The minimum Gasteiger partial charge on any atom is -0.353 e. The Labute approximate surface area is 147 Å². The number of carbonyl (C=O) groups excluding carboxylic acids is 1. The number of hydrogen-bond acceptors (Lipinski definition) is 5. The van der Waals surface area contributed by atoms with Gasteiger partial charge in [-0.05, 0) is 12.8 Å². The fraction of sp³-hybridized carbons (Fsp3) is 0.421. The Bertz CT molecular complexity index is 750. The zero-order valence-electron chi connectivity index (χ0n) is 14.2. The molecular formula is C19H23N5O. The third-order valence-electron chi connectivity index (χ3n) is 5.14. The van der Waals surface area contributed by atoms with Crippen LogP contribution in [0, 0.1) is 0 Å². The van der Waals surface area contributed by atoms with E-state index in [-0.39, 0.29) is 18.0 Å². The second kappa shape index (κ2) is 6.80.